The number of carbonyl (C=O) groups is 1. The molecule has 2 atom stereocenters. The number of aryl methyl sites for hydroxylation is 1. The van der Waals surface area contributed by atoms with E-state index in [-0.39, 0.29) is 6.03 Å². The zero-order chi connectivity index (χ0) is 16.5. The minimum absolute atomic E-state index is 0.0483. The number of nitrogens with one attached hydrogen (secondary N) is 1. The first kappa shape index (κ1) is 15.2. The summed E-state index contributed by atoms with van der Waals surface area (Å²) in [5, 5.41) is 3.09. The number of urea groups is 1. The molecule has 2 bridgehead atoms. The molecular weight excluding hydrogens is 298 g/mol. The van der Waals surface area contributed by atoms with Crippen LogP contribution in [0.1, 0.15) is 38.2 Å². The Bertz CT molecular complexity index is 730. The van der Waals surface area contributed by atoms with Gasteiger partial charge in [-0.1, -0.05) is 19.1 Å². The molecule has 2 saturated heterocycles. The zero-order valence-corrected chi connectivity index (χ0v) is 14.0. The number of pyridine rings is 1. The standard InChI is InChI=1S/C20H23N3O/c1-2-14-9-10-15(12-18(14)19-8-3-4-11-21-19)22-20(24)23-16-6-5-7-17(23)13-16/h3-4,8-12,16-17H,2,5-7,13H2,1H3,(H,22,24). The largest absolute Gasteiger partial charge is 0.322 e. The summed E-state index contributed by atoms with van der Waals surface area (Å²) in [5.74, 6) is 0. The lowest BCUT2D eigenvalue weighted by Gasteiger charge is -2.52. The highest BCUT2D eigenvalue weighted by molar-refractivity contribution is 5.91. The van der Waals surface area contributed by atoms with Crippen LogP contribution >= 0.6 is 0 Å². The van der Waals surface area contributed by atoms with Crippen molar-refractivity contribution in [1.29, 1.82) is 0 Å². The first-order valence-corrected chi connectivity index (χ1v) is 8.90. The molecule has 2 amide bonds. The summed E-state index contributed by atoms with van der Waals surface area (Å²) >= 11 is 0. The summed E-state index contributed by atoms with van der Waals surface area (Å²) in [5.41, 5.74) is 4.14. The van der Waals surface area contributed by atoms with Crippen molar-refractivity contribution < 1.29 is 4.79 Å². The van der Waals surface area contributed by atoms with Crippen LogP contribution < -0.4 is 5.32 Å². The van der Waals surface area contributed by atoms with Gasteiger partial charge in [0, 0.05) is 29.5 Å². The second kappa shape index (κ2) is 6.27. The summed E-state index contributed by atoms with van der Waals surface area (Å²) in [6.45, 7) is 2.14. The van der Waals surface area contributed by atoms with Crippen LogP contribution in [0.15, 0.2) is 42.6 Å². The Balaban J connectivity index is 1.57. The minimum Gasteiger partial charge on any atom is -0.318 e. The fourth-order valence-electron chi connectivity index (χ4n) is 4.05. The van der Waals surface area contributed by atoms with Gasteiger partial charge in [0.1, 0.15) is 0 Å². The van der Waals surface area contributed by atoms with E-state index in [1.165, 1.54) is 18.4 Å². The molecule has 124 valence electrons. The number of aromatic nitrogens is 1. The van der Waals surface area contributed by atoms with Gasteiger partial charge in [-0.3, -0.25) is 4.98 Å². The average Bonchev–Trinajstić information content (AvgIpc) is 2.63. The lowest BCUT2D eigenvalue weighted by atomic mass is 9.80. The fourth-order valence-corrected chi connectivity index (χ4v) is 4.05. The number of rotatable bonds is 3. The summed E-state index contributed by atoms with van der Waals surface area (Å²) < 4.78 is 0. The number of fused-ring (bicyclic) bond motifs is 2. The van der Waals surface area contributed by atoms with Gasteiger partial charge in [-0.2, -0.15) is 0 Å². The van der Waals surface area contributed by atoms with Crippen molar-refractivity contribution in [2.45, 2.75) is 51.1 Å². The number of amides is 2. The van der Waals surface area contributed by atoms with Crippen LogP contribution in [0.5, 0.6) is 0 Å². The summed E-state index contributed by atoms with van der Waals surface area (Å²) in [6, 6.07) is 13.0. The third-order valence-electron chi connectivity index (χ3n) is 5.32. The molecule has 2 aliphatic rings. The van der Waals surface area contributed by atoms with Crippen LogP contribution in [0, 0.1) is 0 Å². The van der Waals surface area contributed by atoms with Gasteiger partial charge in [0.25, 0.3) is 0 Å². The van der Waals surface area contributed by atoms with Crippen LogP contribution in [0.3, 0.4) is 0 Å². The minimum atomic E-state index is 0.0483. The average molecular weight is 321 g/mol. The van der Waals surface area contributed by atoms with E-state index in [0.29, 0.717) is 12.1 Å². The molecule has 24 heavy (non-hydrogen) atoms. The normalized spacial score (nSPS) is 22.0. The highest BCUT2D eigenvalue weighted by Gasteiger charge is 2.44. The molecular formula is C20H23N3O. The Kier molecular flexibility index (Phi) is 3.97. The van der Waals surface area contributed by atoms with Crippen LogP contribution in [-0.2, 0) is 6.42 Å². The molecule has 1 N–H and O–H groups in total. The van der Waals surface area contributed by atoms with E-state index < -0.39 is 0 Å². The van der Waals surface area contributed by atoms with Gasteiger partial charge in [-0.15, -0.1) is 0 Å². The summed E-state index contributed by atoms with van der Waals surface area (Å²) in [7, 11) is 0. The van der Waals surface area contributed by atoms with Gasteiger partial charge >= 0.3 is 6.03 Å². The quantitative estimate of drug-likeness (QED) is 0.906. The molecule has 4 heteroatoms. The van der Waals surface area contributed by atoms with Crippen LogP contribution in [0.25, 0.3) is 11.3 Å². The predicted octanol–water partition coefficient (Wildman–Crippen LogP) is 4.47. The van der Waals surface area contributed by atoms with Gasteiger partial charge in [0.15, 0.2) is 0 Å². The smallest absolute Gasteiger partial charge is 0.318 e. The van der Waals surface area contributed by atoms with Gasteiger partial charge in [0.05, 0.1) is 5.69 Å². The molecule has 1 aromatic carbocycles. The van der Waals surface area contributed by atoms with Crippen LogP contribution in [0.2, 0.25) is 0 Å². The lowest BCUT2D eigenvalue weighted by molar-refractivity contribution is 0.0173. The monoisotopic (exact) mass is 321 g/mol. The molecule has 3 heterocycles. The number of hydrogen-bond acceptors (Lipinski definition) is 2. The van der Waals surface area contributed by atoms with Gasteiger partial charge < -0.3 is 10.2 Å². The maximum absolute atomic E-state index is 12.6. The SMILES string of the molecule is CCc1ccc(NC(=O)N2C3CCCC2C3)cc1-c1ccccn1. The first-order chi connectivity index (χ1) is 11.8. The maximum atomic E-state index is 12.6. The fraction of sp³-hybridized carbons (Fsp3) is 0.400. The van der Waals surface area contributed by atoms with E-state index in [1.54, 1.807) is 6.20 Å². The molecule has 2 unspecified atom stereocenters. The van der Waals surface area contributed by atoms with E-state index in [1.807, 2.05) is 29.2 Å². The number of nitrogens with zero attached hydrogens (tertiary/aromatic N) is 2. The third-order valence-corrected chi connectivity index (χ3v) is 5.32. The zero-order valence-electron chi connectivity index (χ0n) is 14.0. The first-order valence-electron chi connectivity index (χ1n) is 8.90. The van der Waals surface area contributed by atoms with Crippen molar-refractivity contribution in [1.82, 2.24) is 9.88 Å². The van der Waals surface area contributed by atoms with E-state index in [0.717, 1.165) is 36.2 Å². The Morgan fingerprint density at radius 2 is 2.08 bits per heavy atom. The highest BCUT2D eigenvalue weighted by Crippen LogP contribution is 2.38. The number of benzene rings is 1. The van der Waals surface area contributed by atoms with Crippen molar-refractivity contribution in [3.05, 3.63) is 48.2 Å². The molecule has 2 fully saturated rings. The highest BCUT2D eigenvalue weighted by atomic mass is 16.2. The van der Waals surface area contributed by atoms with Crippen molar-refractivity contribution in [2.24, 2.45) is 0 Å². The van der Waals surface area contributed by atoms with E-state index >= 15 is 0 Å². The van der Waals surface area contributed by atoms with E-state index in [4.69, 9.17) is 0 Å². The second-order valence-electron chi connectivity index (χ2n) is 6.75. The molecule has 4 rings (SSSR count). The second-order valence-corrected chi connectivity index (χ2v) is 6.75. The van der Waals surface area contributed by atoms with Crippen molar-refractivity contribution in [2.75, 3.05) is 5.32 Å². The van der Waals surface area contributed by atoms with Gasteiger partial charge in [-0.25, -0.2) is 4.79 Å². The van der Waals surface area contributed by atoms with Crippen molar-refractivity contribution in [3.8, 4) is 11.3 Å². The number of anilines is 1. The summed E-state index contributed by atoms with van der Waals surface area (Å²) in [4.78, 5) is 19.1. The molecule has 0 aliphatic carbocycles. The van der Waals surface area contributed by atoms with Gasteiger partial charge in [-0.05, 0) is 61.9 Å². The van der Waals surface area contributed by atoms with E-state index in [2.05, 4.69) is 29.4 Å². The topological polar surface area (TPSA) is 45.2 Å². The number of piperidine rings is 1. The molecule has 2 aliphatic heterocycles. The summed E-state index contributed by atoms with van der Waals surface area (Å²) in [6.07, 6.45) is 7.49. The molecule has 1 aromatic heterocycles. The molecule has 0 spiro atoms. The molecule has 4 nitrogen and oxygen atoms in total. The van der Waals surface area contributed by atoms with Crippen molar-refractivity contribution in [3.63, 3.8) is 0 Å². The third kappa shape index (κ3) is 2.66. The Labute approximate surface area is 142 Å². The van der Waals surface area contributed by atoms with Gasteiger partial charge in [0.2, 0.25) is 0 Å². The predicted molar refractivity (Wildman–Crippen MR) is 96.0 cm³/mol. The van der Waals surface area contributed by atoms with Crippen LogP contribution in [-0.4, -0.2) is 28.0 Å². The Morgan fingerprint density at radius 3 is 2.75 bits per heavy atom. The van der Waals surface area contributed by atoms with Crippen molar-refractivity contribution >= 4 is 11.7 Å². The van der Waals surface area contributed by atoms with E-state index in [9.17, 15) is 4.79 Å². The molecule has 2 aromatic rings. The number of hydrogen-bond donors (Lipinski definition) is 1. The lowest BCUT2D eigenvalue weighted by Crippen LogP contribution is -2.62. The molecule has 0 radical (unpaired) electrons. The Morgan fingerprint density at radius 1 is 1.25 bits per heavy atom. The Hall–Kier alpha value is -2.36. The molecule has 0 saturated carbocycles. The number of carbonyl (C=O) groups excluding carboxylic acids is 1. The van der Waals surface area contributed by atoms with Crippen LogP contribution in [0.4, 0.5) is 10.5 Å². The maximum Gasteiger partial charge on any atom is 0.322 e.